The van der Waals surface area contributed by atoms with Crippen molar-refractivity contribution in [1.29, 1.82) is 0 Å². The summed E-state index contributed by atoms with van der Waals surface area (Å²) in [6.07, 6.45) is 0. The van der Waals surface area contributed by atoms with Crippen LogP contribution in [-0.4, -0.2) is 62.5 Å². The van der Waals surface area contributed by atoms with Crippen LogP contribution in [0.5, 0.6) is 0 Å². The number of hydrazine groups is 1. The Bertz CT molecular complexity index is 325. The minimum atomic E-state index is -4.11. The molecule has 0 unspecified atom stereocenters. The monoisotopic (exact) mass is 253 g/mol. The van der Waals surface area contributed by atoms with Crippen molar-refractivity contribution >= 4 is 16.0 Å². The lowest BCUT2D eigenvalue weighted by Crippen LogP contribution is -2.47. The molecule has 1 saturated heterocycles. The molecule has 0 aromatic heterocycles. The van der Waals surface area contributed by atoms with Crippen LogP contribution in [0.4, 0.5) is 0 Å². The minimum absolute atomic E-state index is 0.168. The van der Waals surface area contributed by atoms with Crippen LogP contribution in [0.3, 0.4) is 0 Å². The molecule has 1 aliphatic heterocycles. The van der Waals surface area contributed by atoms with Gasteiger partial charge in [-0.1, -0.05) is 0 Å². The SMILES string of the molecule is O=C(CN1CCOCC1)NNCS(=O)(=O)O. The number of hydrogen-bond donors (Lipinski definition) is 3. The Morgan fingerprint density at radius 1 is 1.38 bits per heavy atom. The van der Waals surface area contributed by atoms with Gasteiger partial charge >= 0.3 is 0 Å². The van der Waals surface area contributed by atoms with Gasteiger partial charge in [-0.05, 0) is 0 Å². The first-order valence-corrected chi connectivity index (χ1v) is 6.35. The second-order valence-electron chi connectivity index (χ2n) is 3.34. The lowest BCUT2D eigenvalue weighted by molar-refractivity contribution is -0.124. The highest BCUT2D eigenvalue weighted by molar-refractivity contribution is 7.85. The Morgan fingerprint density at radius 3 is 2.56 bits per heavy atom. The topological polar surface area (TPSA) is 108 Å². The molecule has 94 valence electrons. The third kappa shape index (κ3) is 5.98. The van der Waals surface area contributed by atoms with E-state index in [0.29, 0.717) is 26.3 Å². The molecular formula is C7H15N3O5S. The molecule has 0 spiro atoms. The van der Waals surface area contributed by atoms with Crippen molar-refractivity contribution in [3.05, 3.63) is 0 Å². The second-order valence-corrected chi connectivity index (χ2v) is 4.79. The number of hydrogen-bond acceptors (Lipinski definition) is 6. The average molecular weight is 253 g/mol. The highest BCUT2D eigenvalue weighted by Gasteiger charge is 2.14. The molecule has 0 aromatic rings. The van der Waals surface area contributed by atoms with Crippen LogP contribution in [0.25, 0.3) is 0 Å². The predicted molar refractivity (Wildman–Crippen MR) is 55.0 cm³/mol. The summed E-state index contributed by atoms with van der Waals surface area (Å²) in [5.74, 6) is -1.06. The van der Waals surface area contributed by atoms with Gasteiger partial charge in [0.15, 0.2) is 0 Å². The smallest absolute Gasteiger partial charge is 0.279 e. The van der Waals surface area contributed by atoms with Gasteiger partial charge < -0.3 is 4.74 Å². The summed E-state index contributed by atoms with van der Waals surface area (Å²) in [7, 11) is -4.11. The van der Waals surface area contributed by atoms with Crippen LogP contribution in [0.1, 0.15) is 0 Å². The number of nitrogens with zero attached hydrogens (tertiary/aromatic N) is 1. The van der Waals surface area contributed by atoms with E-state index < -0.39 is 16.0 Å². The number of carbonyl (C=O) groups is 1. The lowest BCUT2D eigenvalue weighted by Gasteiger charge is -2.25. The van der Waals surface area contributed by atoms with Crippen molar-refractivity contribution in [2.75, 3.05) is 38.7 Å². The van der Waals surface area contributed by atoms with E-state index in [1.165, 1.54) is 0 Å². The van der Waals surface area contributed by atoms with E-state index in [1.54, 1.807) is 0 Å². The Morgan fingerprint density at radius 2 is 2.00 bits per heavy atom. The van der Waals surface area contributed by atoms with Crippen molar-refractivity contribution in [2.24, 2.45) is 0 Å². The molecule has 9 heteroatoms. The van der Waals surface area contributed by atoms with E-state index in [4.69, 9.17) is 9.29 Å². The van der Waals surface area contributed by atoms with Crippen LogP contribution in [0.2, 0.25) is 0 Å². The second kappa shape index (κ2) is 6.11. The van der Waals surface area contributed by atoms with Gasteiger partial charge in [-0.2, -0.15) is 8.42 Å². The summed E-state index contributed by atoms with van der Waals surface area (Å²) >= 11 is 0. The Kier molecular flexibility index (Phi) is 5.09. The van der Waals surface area contributed by atoms with Crippen LogP contribution in [0.15, 0.2) is 0 Å². The van der Waals surface area contributed by atoms with E-state index in [9.17, 15) is 13.2 Å². The number of rotatable bonds is 5. The summed E-state index contributed by atoms with van der Waals surface area (Å²) in [4.78, 5) is 13.1. The van der Waals surface area contributed by atoms with Crippen LogP contribution >= 0.6 is 0 Å². The van der Waals surface area contributed by atoms with Gasteiger partial charge in [0.2, 0.25) is 5.91 Å². The Hall–Kier alpha value is -0.740. The zero-order valence-electron chi connectivity index (χ0n) is 8.68. The molecule has 1 amide bonds. The predicted octanol–water partition coefficient (Wildman–Crippen LogP) is -2.22. The summed E-state index contributed by atoms with van der Waals surface area (Å²) in [5, 5.41) is 0. The molecule has 0 aromatic carbocycles. The summed E-state index contributed by atoms with van der Waals surface area (Å²) in [5.41, 5.74) is 4.30. The van der Waals surface area contributed by atoms with Gasteiger partial charge in [-0.3, -0.25) is 19.7 Å². The molecule has 16 heavy (non-hydrogen) atoms. The minimum Gasteiger partial charge on any atom is -0.379 e. The molecule has 0 saturated carbocycles. The molecule has 0 bridgehead atoms. The number of ether oxygens (including phenoxy) is 1. The molecule has 1 rings (SSSR count). The molecular weight excluding hydrogens is 238 g/mol. The first-order chi connectivity index (χ1) is 7.47. The highest BCUT2D eigenvalue weighted by Crippen LogP contribution is 1.94. The third-order valence-electron chi connectivity index (χ3n) is 1.95. The van der Waals surface area contributed by atoms with E-state index in [0.717, 1.165) is 0 Å². The molecule has 0 aliphatic carbocycles. The fourth-order valence-corrected chi connectivity index (χ4v) is 1.48. The van der Waals surface area contributed by atoms with Crippen molar-refractivity contribution in [1.82, 2.24) is 15.8 Å². The summed E-state index contributed by atoms with van der Waals surface area (Å²) in [6, 6.07) is 0. The first-order valence-electron chi connectivity index (χ1n) is 4.74. The number of amides is 1. The summed E-state index contributed by atoms with van der Waals surface area (Å²) in [6.45, 7) is 2.69. The lowest BCUT2D eigenvalue weighted by atomic mass is 10.4. The maximum absolute atomic E-state index is 11.3. The summed E-state index contributed by atoms with van der Waals surface area (Å²) < 4.78 is 34.1. The van der Waals surface area contributed by atoms with E-state index in [2.05, 4.69) is 10.9 Å². The van der Waals surface area contributed by atoms with E-state index in [1.807, 2.05) is 4.90 Å². The molecule has 0 atom stereocenters. The van der Waals surface area contributed by atoms with Gasteiger partial charge in [-0.25, -0.2) is 5.43 Å². The maximum Gasteiger partial charge on any atom is 0.279 e. The number of morpholine rings is 1. The first kappa shape index (κ1) is 13.3. The number of nitrogens with one attached hydrogen (secondary N) is 2. The zero-order valence-corrected chi connectivity index (χ0v) is 9.49. The maximum atomic E-state index is 11.3. The normalized spacial score (nSPS) is 18.3. The molecule has 8 nitrogen and oxygen atoms in total. The fourth-order valence-electron chi connectivity index (χ4n) is 1.23. The van der Waals surface area contributed by atoms with Crippen molar-refractivity contribution in [2.45, 2.75) is 0 Å². The third-order valence-corrected chi connectivity index (χ3v) is 2.46. The largest absolute Gasteiger partial charge is 0.379 e. The van der Waals surface area contributed by atoms with Gasteiger partial charge in [0.05, 0.1) is 19.8 Å². The average Bonchev–Trinajstić information content (AvgIpc) is 2.17. The van der Waals surface area contributed by atoms with Gasteiger partial charge in [0.25, 0.3) is 10.1 Å². The van der Waals surface area contributed by atoms with Crippen LogP contribution in [-0.2, 0) is 19.6 Å². The van der Waals surface area contributed by atoms with E-state index >= 15 is 0 Å². The van der Waals surface area contributed by atoms with Crippen LogP contribution in [0, 0.1) is 0 Å². The quantitative estimate of drug-likeness (QED) is 0.376. The van der Waals surface area contributed by atoms with Crippen molar-refractivity contribution < 1.29 is 22.5 Å². The Balaban J connectivity index is 2.15. The molecule has 0 radical (unpaired) electrons. The van der Waals surface area contributed by atoms with Crippen molar-refractivity contribution in [3.63, 3.8) is 0 Å². The fraction of sp³-hybridized carbons (Fsp3) is 0.857. The molecule has 3 N–H and O–H groups in total. The molecule has 1 heterocycles. The highest BCUT2D eigenvalue weighted by atomic mass is 32.2. The van der Waals surface area contributed by atoms with Crippen molar-refractivity contribution in [3.8, 4) is 0 Å². The Labute approximate surface area is 93.7 Å². The molecule has 1 aliphatic rings. The van der Waals surface area contributed by atoms with Gasteiger partial charge in [0.1, 0.15) is 5.88 Å². The standard InChI is InChI=1S/C7H15N3O5S/c11-7(9-8-6-16(12,13)14)5-10-1-3-15-4-2-10/h8H,1-6H2,(H,9,11)(H,12,13,14). The zero-order chi connectivity index (χ0) is 12.0. The van der Waals surface area contributed by atoms with Gasteiger partial charge in [-0.15, -0.1) is 0 Å². The molecule has 1 fully saturated rings. The number of carbonyl (C=O) groups excluding carboxylic acids is 1. The van der Waals surface area contributed by atoms with Crippen LogP contribution < -0.4 is 10.9 Å². The van der Waals surface area contributed by atoms with E-state index in [-0.39, 0.29) is 12.5 Å². The van der Waals surface area contributed by atoms with Gasteiger partial charge in [0, 0.05) is 13.1 Å².